The minimum atomic E-state index is -0.418. The molecule has 0 radical (unpaired) electrons. The van der Waals surface area contributed by atoms with Crippen molar-refractivity contribution < 1.29 is 14.3 Å². The van der Waals surface area contributed by atoms with Gasteiger partial charge in [0, 0.05) is 32.3 Å². The van der Waals surface area contributed by atoms with Crippen molar-refractivity contribution in [1.29, 1.82) is 0 Å². The van der Waals surface area contributed by atoms with Gasteiger partial charge in [-0.05, 0) is 27.7 Å². The molecule has 1 saturated heterocycles. The summed E-state index contributed by atoms with van der Waals surface area (Å²) >= 11 is 0. The molecule has 0 aromatic carbocycles. The fourth-order valence-electron chi connectivity index (χ4n) is 1.76. The van der Waals surface area contributed by atoms with Gasteiger partial charge in [0.1, 0.15) is 5.60 Å². The van der Waals surface area contributed by atoms with Crippen LogP contribution in [0.15, 0.2) is 0 Å². The van der Waals surface area contributed by atoms with E-state index in [2.05, 4.69) is 12.2 Å². The lowest BCUT2D eigenvalue weighted by Crippen LogP contribution is -2.62. The zero-order chi connectivity index (χ0) is 13.1. The molecule has 1 atom stereocenters. The second kappa shape index (κ2) is 5.69. The summed E-state index contributed by atoms with van der Waals surface area (Å²) in [5.74, 6) is 0. The van der Waals surface area contributed by atoms with Gasteiger partial charge in [-0.2, -0.15) is 0 Å². The number of hydrogen-bond donors (Lipinski definition) is 1. The summed E-state index contributed by atoms with van der Waals surface area (Å²) in [6, 6.07) is 0.665. The van der Waals surface area contributed by atoms with Crippen molar-refractivity contribution in [2.75, 3.05) is 26.8 Å². The van der Waals surface area contributed by atoms with Crippen LogP contribution in [0.4, 0.5) is 4.79 Å². The van der Waals surface area contributed by atoms with Crippen LogP contribution in [0, 0.1) is 0 Å². The van der Waals surface area contributed by atoms with Gasteiger partial charge in [-0.25, -0.2) is 4.79 Å². The van der Waals surface area contributed by atoms with E-state index in [-0.39, 0.29) is 6.09 Å². The predicted molar refractivity (Wildman–Crippen MR) is 66.1 cm³/mol. The first-order valence-corrected chi connectivity index (χ1v) is 6.04. The molecule has 5 heteroatoms. The fraction of sp³-hybridized carbons (Fsp3) is 0.917. The highest BCUT2D eigenvalue weighted by molar-refractivity contribution is 5.69. The Morgan fingerprint density at radius 3 is 2.53 bits per heavy atom. The van der Waals surface area contributed by atoms with Gasteiger partial charge in [0.2, 0.25) is 0 Å². The number of carbonyl (C=O) groups excluding carboxylic acids is 1. The van der Waals surface area contributed by atoms with E-state index in [1.165, 1.54) is 0 Å². The quantitative estimate of drug-likeness (QED) is 0.808. The number of nitrogens with zero attached hydrogens (tertiary/aromatic N) is 1. The van der Waals surface area contributed by atoms with Gasteiger partial charge in [0.05, 0.1) is 6.61 Å². The van der Waals surface area contributed by atoms with Crippen LogP contribution in [0.3, 0.4) is 0 Å². The van der Waals surface area contributed by atoms with Crippen LogP contribution in [-0.2, 0) is 9.47 Å². The van der Waals surface area contributed by atoms with Crippen molar-refractivity contribution >= 4 is 6.09 Å². The van der Waals surface area contributed by atoms with E-state index >= 15 is 0 Å². The van der Waals surface area contributed by atoms with Crippen LogP contribution in [0.1, 0.15) is 27.7 Å². The lowest BCUT2D eigenvalue weighted by molar-refractivity contribution is 0.00325. The molecule has 1 N–H and O–H groups in total. The number of amides is 1. The van der Waals surface area contributed by atoms with Gasteiger partial charge >= 0.3 is 6.09 Å². The molecule has 0 spiro atoms. The molecule has 17 heavy (non-hydrogen) atoms. The third kappa shape index (κ3) is 4.91. The monoisotopic (exact) mass is 244 g/mol. The van der Waals surface area contributed by atoms with E-state index in [0.717, 1.165) is 0 Å². The summed E-state index contributed by atoms with van der Waals surface area (Å²) in [5, 5.41) is 3.39. The maximum Gasteiger partial charge on any atom is 0.410 e. The lowest BCUT2D eigenvalue weighted by atomic mass is 10.1. The number of hydrogen-bond acceptors (Lipinski definition) is 4. The van der Waals surface area contributed by atoms with Crippen molar-refractivity contribution in [2.45, 2.75) is 45.4 Å². The topological polar surface area (TPSA) is 50.8 Å². The lowest BCUT2D eigenvalue weighted by Gasteiger charge is -2.41. The predicted octanol–water partition coefficient (Wildman–Crippen LogP) is 1.23. The van der Waals surface area contributed by atoms with Crippen molar-refractivity contribution in [2.24, 2.45) is 0 Å². The van der Waals surface area contributed by atoms with E-state index in [9.17, 15) is 4.79 Å². The summed E-state index contributed by atoms with van der Waals surface area (Å²) in [5.41, 5.74) is -0.418. The first-order chi connectivity index (χ1) is 7.81. The van der Waals surface area contributed by atoms with Crippen molar-refractivity contribution in [3.05, 3.63) is 0 Å². The average molecular weight is 244 g/mol. The van der Waals surface area contributed by atoms with Crippen molar-refractivity contribution in [1.82, 2.24) is 10.2 Å². The van der Waals surface area contributed by atoms with E-state index in [1.54, 1.807) is 12.0 Å². The SMILES string of the molecule is COCC(C)NC1CN(C(=O)OC(C)(C)C)C1. The maximum absolute atomic E-state index is 11.6. The molecular weight excluding hydrogens is 220 g/mol. The van der Waals surface area contributed by atoms with Crippen LogP contribution >= 0.6 is 0 Å². The number of rotatable bonds is 4. The van der Waals surface area contributed by atoms with E-state index in [0.29, 0.717) is 31.8 Å². The van der Waals surface area contributed by atoms with Crippen LogP contribution in [0.2, 0.25) is 0 Å². The molecule has 0 aliphatic carbocycles. The highest BCUT2D eigenvalue weighted by Gasteiger charge is 2.33. The van der Waals surface area contributed by atoms with Crippen molar-refractivity contribution in [3.8, 4) is 0 Å². The molecule has 100 valence electrons. The molecule has 1 amide bonds. The number of likely N-dealkylation sites (tertiary alicyclic amines) is 1. The third-order valence-electron chi connectivity index (χ3n) is 2.47. The van der Waals surface area contributed by atoms with Gasteiger partial charge in [0.25, 0.3) is 0 Å². The molecule has 1 fully saturated rings. The Morgan fingerprint density at radius 2 is 2.06 bits per heavy atom. The molecule has 0 bridgehead atoms. The van der Waals surface area contributed by atoms with Gasteiger partial charge in [0.15, 0.2) is 0 Å². The Hall–Kier alpha value is -0.810. The maximum atomic E-state index is 11.6. The highest BCUT2D eigenvalue weighted by Crippen LogP contribution is 2.15. The van der Waals surface area contributed by atoms with Crippen molar-refractivity contribution in [3.63, 3.8) is 0 Å². The molecule has 1 heterocycles. The molecule has 0 saturated carbocycles. The molecule has 1 rings (SSSR count). The molecule has 1 aliphatic rings. The number of methoxy groups -OCH3 is 1. The first-order valence-electron chi connectivity index (χ1n) is 6.04. The van der Waals surface area contributed by atoms with E-state index in [4.69, 9.17) is 9.47 Å². The molecule has 1 unspecified atom stereocenters. The standard InChI is InChI=1S/C12H24N2O3/c1-9(8-16-5)13-10-6-14(7-10)11(15)17-12(2,3)4/h9-10,13H,6-8H2,1-5H3. The van der Waals surface area contributed by atoms with Gasteiger partial charge < -0.3 is 19.7 Å². The Labute approximate surface area is 103 Å². The van der Waals surface area contributed by atoms with E-state index in [1.807, 2.05) is 20.8 Å². The van der Waals surface area contributed by atoms with Gasteiger partial charge in [-0.1, -0.05) is 0 Å². The summed E-state index contributed by atoms with van der Waals surface area (Å²) in [4.78, 5) is 13.4. The van der Waals surface area contributed by atoms with Crippen LogP contribution in [0.25, 0.3) is 0 Å². The number of nitrogens with one attached hydrogen (secondary N) is 1. The molecule has 0 aromatic heterocycles. The Bertz CT molecular complexity index is 257. The average Bonchev–Trinajstić information content (AvgIpc) is 2.07. The zero-order valence-corrected chi connectivity index (χ0v) is 11.4. The number of ether oxygens (including phenoxy) is 2. The van der Waals surface area contributed by atoms with Gasteiger partial charge in [-0.3, -0.25) is 0 Å². The zero-order valence-electron chi connectivity index (χ0n) is 11.4. The summed E-state index contributed by atoms with van der Waals surface area (Å²) in [7, 11) is 1.69. The van der Waals surface area contributed by atoms with E-state index < -0.39 is 5.60 Å². The van der Waals surface area contributed by atoms with Crippen LogP contribution < -0.4 is 5.32 Å². The second-order valence-corrected chi connectivity index (χ2v) is 5.61. The number of carbonyl (C=O) groups is 1. The van der Waals surface area contributed by atoms with Crippen LogP contribution in [0.5, 0.6) is 0 Å². The molecular formula is C12H24N2O3. The summed E-state index contributed by atoms with van der Waals surface area (Å²) in [6.07, 6.45) is -0.227. The highest BCUT2D eigenvalue weighted by atomic mass is 16.6. The summed E-state index contributed by atoms with van der Waals surface area (Å²) < 4.78 is 10.3. The molecule has 0 aromatic rings. The van der Waals surface area contributed by atoms with Gasteiger partial charge in [-0.15, -0.1) is 0 Å². The largest absolute Gasteiger partial charge is 0.444 e. The Balaban J connectivity index is 2.20. The minimum absolute atomic E-state index is 0.227. The Kier molecular flexibility index (Phi) is 4.77. The Morgan fingerprint density at radius 1 is 1.47 bits per heavy atom. The normalized spacial score (nSPS) is 18.8. The van der Waals surface area contributed by atoms with Crippen LogP contribution in [-0.4, -0.2) is 55.5 Å². The fourth-order valence-corrected chi connectivity index (χ4v) is 1.76. The molecule has 1 aliphatic heterocycles. The smallest absolute Gasteiger partial charge is 0.410 e. The third-order valence-corrected chi connectivity index (χ3v) is 2.47. The first kappa shape index (κ1) is 14.3. The minimum Gasteiger partial charge on any atom is -0.444 e. The molecule has 5 nitrogen and oxygen atoms in total. The summed E-state index contributed by atoms with van der Waals surface area (Å²) in [6.45, 7) is 9.80. The second-order valence-electron chi connectivity index (χ2n) is 5.61.